The molecule has 0 amide bonds. The quantitative estimate of drug-likeness (QED) is 0.215. The molecule has 0 spiro atoms. The lowest BCUT2D eigenvalue weighted by atomic mass is 9.62. The Labute approximate surface area is 249 Å². The summed E-state index contributed by atoms with van der Waals surface area (Å²) in [6.45, 7) is 23.5. The van der Waals surface area contributed by atoms with E-state index in [1.165, 1.54) is 68.1 Å². The van der Waals surface area contributed by atoms with Gasteiger partial charge in [-0.1, -0.05) is 144 Å². The van der Waals surface area contributed by atoms with Gasteiger partial charge in [-0.3, -0.25) is 0 Å². The van der Waals surface area contributed by atoms with Gasteiger partial charge in [-0.05, 0) is 107 Å². The SMILES string of the molecule is CC1=C(/C=C/C(C)C\C=C/C(C)=C/C=C/C=C(C)/C=C/C=C(\C)CC[C@H]2[C@H](C)CCCC2(C)C)C(C)(C)CCC1. The molecule has 2 rings (SSSR count). The Hall–Kier alpha value is -2.08. The maximum absolute atomic E-state index is 2.48. The van der Waals surface area contributed by atoms with Crippen molar-refractivity contribution in [3.63, 3.8) is 0 Å². The van der Waals surface area contributed by atoms with Gasteiger partial charge in [0.05, 0.1) is 0 Å². The average Bonchev–Trinajstić information content (AvgIpc) is 2.85. The topological polar surface area (TPSA) is 0 Å². The van der Waals surface area contributed by atoms with Crippen LogP contribution in [-0.2, 0) is 0 Å². The van der Waals surface area contributed by atoms with E-state index in [9.17, 15) is 0 Å². The lowest BCUT2D eigenvalue weighted by Crippen LogP contribution is -2.33. The van der Waals surface area contributed by atoms with Crippen LogP contribution in [0.4, 0.5) is 0 Å². The summed E-state index contributed by atoms with van der Waals surface area (Å²) >= 11 is 0. The molecule has 2 aliphatic rings. The van der Waals surface area contributed by atoms with E-state index < -0.39 is 0 Å². The third-order valence-electron chi connectivity index (χ3n) is 9.61. The zero-order chi connectivity index (χ0) is 29.8. The minimum Gasteiger partial charge on any atom is -0.0837 e. The Balaban J connectivity index is 1.77. The van der Waals surface area contributed by atoms with E-state index >= 15 is 0 Å². The summed E-state index contributed by atoms with van der Waals surface area (Å²) in [4.78, 5) is 0. The highest BCUT2D eigenvalue weighted by Gasteiger charge is 2.36. The largest absolute Gasteiger partial charge is 0.0837 e. The number of allylic oxidation sites excluding steroid dienone is 16. The Bertz CT molecular complexity index is 1040. The molecule has 0 bridgehead atoms. The van der Waals surface area contributed by atoms with Crippen molar-refractivity contribution in [1.82, 2.24) is 0 Å². The number of hydrogen-bond donors (Lipinski definition) is 0. The molecule has 0 aromatic carbocycles. The monoisotopic (exact) mass is 542 g/mol. The molecule has 0 saturated heterocycles. The van der Waals surface area contributed by atoms with Gasteiger partial charge >= 0.3 is 0 Å². The summed E-state index contributed by atoms with van der Waals surface area (Å²) in [5, 5.41) is 0. The van der Waals surface area contributed by atoms with Crippen molar-refractivity contribution in [2.24, 2.45) is 28.6 Å². The van der Waals surface area contributed by atoms with Gasteiger partial charge in [0.1, 0.15) is 0 Å². The maximum Gasteiger partial charge on any atom is -0.0104 e. The molecule has 0 heterocycles. The molecule has 0 aromatic rings. The Kier molecular flexibility index (Phi) is 14.0. The van der Waals surface area contributed by atoms with Crippen LogP contribution in [0.15, 0.2) is 94.7 Å². The number of rotatable bonds is 12. The van der Waals surface area contributed by atoms with Crippen molar-refractivity contribution in [1.29, 1.82) is 0 Å². The molecule has 0 heteroatoms. The molecule has 1 unspecified atom stereocenters. The van der Waals surface area contributed by atoms with Crippen LogP contribution in [0.3, 0.4) is 0 Å². The third kappa shape index (κ3) is 11.8. The first-order chi connectivity index (χ1) is 18.8. The first-order valence-corrected chi connectivity index (χ1v) is 16.2. The van der Waals surface area contributed by atoms with Crippen LogP contribution in [0.25, 0.3) is 0 Å². The van der Waals surface area contributed by atoms with Crippen molar-refractivity contribution in [2.75, 3.05) is 0 Å². The van der Waals surface area contributed by atoms with E-state index in [-0.39, 0.29) is 0 Å². The van der Waals surface area contributed by atoms with Crippen LogP contribution in [0.1, 0.15) is 127 Å². The fourth-order valence-electron chi connectivity index (χ4n) is 6.89. The molecular formula is C40H62. The highest BCUT2D eigenvalue weighted by Crippen LogP contribution is 2.46. The van der Waals surface area contributed by atoms with Crippen LogP contribution in [-0.4, -0.2) is 0 Å². The molecule has 1 saturated carbocycles. The summed E-state index contributed by atoms with van der Waals surface area (Å²) in [6.07, 6.45) is 36.5. The van der Waals surface area contributed by atoms with E-state index in [1.54, 1.807) is 11.1 Å². The fourth-order valence-corrected chi connectivity index (χ4v) is 6.89. The van der Waals surface area contributed by atoms with Crippen molar-refractivity contribution in [2.45, 2.75) is 127 Å². The lowest BCUT2D eigenvalue weighted by Gasteiger charge is -2.43. The molecule has 0 N–H and O–H groups in total. The first-order valence-electron chi connectivity index (χ1n) is 16.2. The normalized spacial score (nSPS) is 25.7. The zero-order valence-electron chi connectivity index (χ0n) is 27.9. The van der Waals surface area contributed by atoms with Crippen molar-refractivity contribution in [3.8, 4) is 0 Å². The van der Waals surface area contributed by atoms with Gasteiger partial charge < -0.3 is 0 Å². The van der Waals surface area contributed by atoms with E-state index in [2.05, 4.69) is 136 Å². The molecule has 222 valence electrons. The van der Waals surface area contributed by atoms with Gasteiger partial charge in [0, 0.05) is 0 Å². The summed E-state index contributed by atoms with van der Waals surface area (Å²) in [7, 11) is 0. The highest BCUT2D eigenvalue weighted by molar-refractivity contribution is 5.33. The van der Waals surface area contributed by atoms with Crippen LogP contribution >= 0.6 is 0 Å². The van der Waals surface area contributed by atoms with Gasteiger partial charge in [-0.15, -0.1) is 0 Å². The van der Waals surface area contributed by atoms with E-state index in [1.807, 2.05) is 0 Å². The van der Waals surface area contributed by atoms with Gasteiger partial charge in [0.25, 0.3) is 0 Å². The average molecular weight is 543 g/mol. The Morgan fingerprint density at radius 2 is 1.57 bits per heavy atom. The second-order valence-electron chi connectivity index (χ2n) is 14.5. The summed E-state index contributed by atoms with van der Waals surface area (Å²) in [6, 6.07) is 0. The fraction of sp³-hybridized carbons (Fsp3) is 0.600. The lowest BCUT2D eigenvalue weighted by molar-refractivity contribution is 0.0767. The summed E-state index contributed by atoms with van der Waals surface area (Å²) in [5.74, 6) is 2.27. The minimum atomic E-state index is 0.322. The van der Waals surface area contributed by atoms with Crippen LogP contribution in [0.5, 0.6) is 0 Å². The van der Waals surface area contributed by atoms with Gasteiger partial charge in [0.15, 0.2) is 0 Å². The second-order valence-corrected chi connectivity index (χ2v) is 14.5. The first kappa shape index (κ1) is 34.1. The Morgan fingerprint density at radius 1 is 0.900 bits per heavy atom. The molecule has 2 aliphatic carbocycles. The molecule has 3 atom stereocenters. The minimum absolute atomic E-state index is 0.322. The highest BCUT2D eigenvalue weighted by atomic mass is 14.4. The van der Waals surface area contributed by atoms with E-state index in [4.69, 9.17) is 0 Å². The summed E-state index contributed by atoms with van der Waals surface area (Å²) in [5.41, 5.74) is 8.02. The van der Waals surface area contributed by atoms with Gasteiger partial charge in [-0.2, -0.15) is 0 Å². The van der Waals surface area contributed by atoms with E-state index in [0.717, 1.165) is 18.3 Å². The second kappa shape index (κ2) is 16.4. The van der Waals surface area contributed by atoms with Crippen LogP contribution < -0.4 is 0 Å². The van der Waals surface area contributed by atoms with Crippen LogP contribution in [0, 0.1) is 28.6 Å². The smallest absolute Gasteiger partial charge is 0.0104 e. The van der Waals surface area contributed by atoms with Gasteiger partial charge in [0.2, 0.25) is 0 Å². The van der Waals surface area contributed by atoms with E-state index in [0.29, 0.717) is 16.7 Å². The van der Waals surface area contributed by atoms with Crippen LogP contribution in [0.2, 0.25) is 0 Å². The molecule has 0 aromatic heterocycles. The maximum atomic E-state index is 2.48. The predicted molar refractivity (Wildman–Crippen MR) is 181 cm³/mol. The third-order valence-corrected chi connectivity index (χ3v) is 9.61. The van der Waals surface area contributed by atoms with Crippen molar-refractivity contribution < 1.29 is 0 Å². The molecule has 0 radical (unpaired) electrons. The van der Waals surface area contributed by atoms with Gasteiger partial charge in [-0.25, -0.2) is 0 Å². The molecule has 1 fully saturated rings. The number of hydrogen-bond acceptors (Lipinski definition) is 0. The van der Waals surface area contributed by atoms with Crippen molar-refractivity contribution in [3.05, 3.63) is 94.7 Å². The summed E-state index contributed by atoms with van der Waals surface area (Å²) < 4.78 is 0. The molecule has 0 aliphatic heterocycles. The predicted octanol–water partition coefficient (Wildman–Crippen LogP) is 12.8. The molecular weight excluding hydrogens is 480 g/mol. The molecule has 40 heavy (non-hydrogen) atoms. The molecule has 0 nitrogen and oxygen atoms in total. The standard InChI is InChI=1S/C40H62/c1-31(19-13-21-33(3)25-27-37-35(5)23-15-29-39(37,7)8)17-11-12-18-32(2)20-14-22-34(4)26-28-38-36(6)24-16-30-40(38,9)10/h11-14,17-21,26,28,34-35,37H,15-16,22-25,27,29-30H2,1-10H3/b12-11+,19-13+,20-14-,28-26+,31-17+,32-18+,33-21+/t34?,35-,37+/m1/s1. The van der Waals surface area contributed by atoms with Crippen molar-refractivity contribution >= 4 is 0 Å². The zero-order valence-corrected chi connectivity index (χ0v) is 27.9. The Morgan fingerprint density at radius 3 is 2.23 bits per heavy atom.